The smallest absolute Gasteiger partial charge is 0.325 e. The third kappa shape index (κ3) is 1.61. The molecule has 14 heavy (non-hydrogen) atoms. The summed E-state index contributed by atoms with van der Waals surface area (Å²) in [5.74, 6) is -0.840. The first-order valence-corrected chi connectivity index (χ1v) is 4.81. The fourth-order valence-electron chi connectivity index (χ4n) is 1.75. The van der Waals surface area contributed by atoms with Gasteiger partial charge in [-0.1, -0.05) is 17.7 Å². The highest BCUT2D eigenvalue weighted by atomic mass is 35.5. The summed E-state index contributed by atoms with van der Waals surface area (Å²) in [5.41, 5.74) is 1.86. The third-order valence-electron chi connectivity index (χ3n) is 2.41. The summed E-state index contributed by atoms with van der Waals surface area (Å²) in [6.45, 7) is 0.685. The van der Waals surface area contributed by atoms with Crippen LogP contribution in [0.15, 0.2) is 18.2 Å². The lowest BCUT2D eigenvalue weighted by atomic mass is 9.94. The number of nitrogens with one attached hydrogen (secondary N) is 1. The van der Waals surface area contributed by atoms with E-state index in [2.05, 4.69) is 5.32 Å². The molecule has 2 rings (SSSR count). The molecule has 0 amide bonds. The number of carboxylic acids is 1. The maximum absolute atomic E-state index is 10.9. The van der Waals surface area contributed by atoms with Gasteiger partial charge < -0.3 is 10.4 Å². The highest BCUT2D eigenvalue weighted by Crippen LogP contribution is 2.25. The minimum atomic E-state index is -0.840. The fraction of sp³-hybridized carbons (Fsp3) is 0.300. The van der Waals surface area contributed by atoms with Gasteiger partial charge in [0.1, 0.15) is 6.04 Å². The van der Waals surface area contributed by atoms with Gasteiger partial charge in [0.15, 0.2) is 0 Å². The van der Waals surface area contributed by atoms with E-state index in [1.54, 1.807) is 12.1 Å². The maximum atomic E-state index is 10.9. The van der Waals surface area contributed by atoms with Crippen LogP contribution in [-0.4, -0.2) is 17.6 Å². The molecule has 0 unspecified atom stereocenters. The summed E-state index contributed by atoms with van der Waals surface area (Å²) in [7, 11) is 0. The number of carbonyl (C=O) groups is 1. The lowest BCUT2D eigenvalue weighted by molar-refractivity contribution is -0.139. The van der Waals surface area contributed by atoms with Crippen LogP contribution in [0.2, 0.25) is 5.02 Å². The average molecular weight is 212 g/mol. The molecule has 0 bridgehead atoms. The summed E-state index contributed by atoms with van der Waals surface area (Å²) < 4.78 is 0. The van der Waals surface area contributed by atoms with Crippen molar-refractivity contribution in [1.82, 2.24) is 5.32 Å². The van der Waals surface area contributed by atoms with Crippen molar-refractivity contribution in [3.63, 3.8) is 0 Å². The Morgan fingerprint density at radius 1 is 1.57 bits per heavy atom. The molecule has 1 aliphatic heterocycles. The van der Waals surface area contributed by atoms with Gasteiger partial charge in [0.05, 0.1) is 0 Å². The van der Waals surface area contributed by atoms with Gasteiger partial charge in [0.25, 0.3) is 0 Å². The second-order valence-corrected chi connectivity index (χ2v) is 3.75. The molecule has 0 aliphatic carbocycles. The first-order valence-electron chi connectivity index (χ1n) is 4.43. The molecule has 1 aliphatic rings. The Bertz CT molecular complexity index is 378. The monoisotopic (exact) mass is 211 g/mol. The van der Waals surface area contributed by atoms with E-state index in [0.29, 0.717) is 11.6 Å². The molecule has 2 N–H and O–H groups in total. The lowest BCUT2D eigenvalue weighted by Crippen LogP contribution is -2.34. The predicted octanol–water partition coefficient (Wildman–Crippen LogP) is 1.61. The molecule has 0 radical (unpaired) electrons. The molecule has 0 saturated carbocycles. The summed E-state index contributed by atoms with van der Waals surface area (Å²) in [6, 6.07) is 4.76. The molecular weight excluding hydrogens is 202 g/mol. The summed E-state index contributed by atoms with van der Waals surface area (Å²) in [4.78, 5) is 10.9. The standard InChI is InChI=1S/C10H10ClNO2/c11-7-1-2-8-6(5-7)3-4-12-9(8)10(13)14/h1-2,5,9,12H,3-4H2,(H,13,14)/t9-/m0/s1. The maximum Gasteiger partial charge on any atom is 0.325 e. The van der Waals surface area contributed by atoms with Crippen LogP contribution < -0.4 is 5.32 Å². The first-order chi connectivity index (χ1) is 6.68. The zero-order valence-electron chi connectivity index (χ0n) is 7.46. The van der Waals surface area contributed by atoms with Crippen molar-refractivity contribution in [3.05, 3.63) is 34.3 Å². The second-order valence-electron chi connectivity index (χ2n) is 3.32. The normalized spacial score (nSPS) is 20.2. The molecule has 0 spiro atoms. The van der Waals surface area contributed by atoms with Gasteiger partial charge in [-0.05, 0) is 29.7 Å². The Hall–Kier alpha value is -1.06. The van der Waals surface area contributed by atoms with E-state index in [9.17, 15) is 4.79 Å². The highest BCUT2D eigenvalue weighted by Gasteiger charge is 2.25. The first kappa shape index (κ1) is 9.49. The molecule has 1 atom stereocenters. The number of carboxylic acid groups (broad SMARTS) is 1. The Morgan fingerprint density at radius 3 is 3.07 bits per heavy atom. The Morgan fingerprint density at radius 2 is 2.36 bits per heavy atom. The van der Waals surface area contributed by atoms with Gasteiger partial charge in [-0.2, -0.15) is 0 Å². The van der Waals surface area contributed by atoms with Gasteiger partial charge >= 0.3 is 5.97 Å². The van der Waals surface area contributed by atoms with E-state index in [4.69, 9.17) is 16.7 Å². The van der Waals surface area contributed by atoms with Crippen molar-refractivity contribution in [2.75, 3.05) is 6.54 Å². The van der Waals surface area contributed by atoms with Crippen molar-refractivity contribution in [2.45, 2.75) is 12.5 Å². The molecule has 1 heterocycles. The van der Waals surface area contributed by atoms with Crippen molar-refractivity contribution in [2.24, 2.45) is 0 Å². The van der Waals surface area contributed by atoms with Gasteiger partial charge in [-0.25, -0.2) is 0 Å². The number of rotatable bonds is 1. The van der Waals surface area contributed by atoms with E-state index < -0.39 is 12.0 Å². The van der Waals surface area contributed by atoms with E-state index in [0.717, 1.165) is 17.5 Å². The van der Waals surface area contributed by atoms with E-state index in [1.165, 1.54) is 0 Å². The van der Waals surface area contributed by atoms with Crippen molar-refractivity contribution in [1.29, 1.82) is 0 Å². The quantitative estimate of drug-likeness (QED) is 0.742. The van der Waals surface area contributed by atoms with Gasteiger partial charge in [-0.3, -0.25) is 4.79 Å². The molecule has 1 aromatic rings. The van der Waals surface area contributed by atoms with E-state index in [1.807, 2.05) is 6.07 Å². The van der Waals surface area contributed by atoms with Crippen LogP contribution in [-0.2, 0) is 11.2 Å². The summed E-state index contributed by atoms with van der Waals surface area (Å²) in [5, 5.41) is 12.6. The van der Waals surface area contributed by atoms with Crippen LogP contribution in [0.1, 0.15) is 17.2 Å². The molecule has 4 heteroatoms. The average Bonchev–Trinajstić information content (AvgIpc) is 2.16. The minimum absolute atomic E-state index is 0.587. The van der Waals surface area contributed by atoms with Crippen LogP contribution in [0.25, 0.3) is 0 Å². The van der Waals surface area contributed by atoms with Crippen LogP contribution in [0.5, 0.6) is 0 Å². The van der Waals surface area contributed by atoms with E-state index >= 15 is 0 Å². The number of aliphatic carboxylic acids is 1. The van der Waals surface area contributed by atoms with Gasteiger partial charge in [-0.15, -0.1) is 0 Å². The zero-order valence-corrected chi connectivity index (χ0v) is 8.21. The third-order valence-corrected chi connectivity index (χ3v) is 2.64. The van der Waals surface area contributed by atoms with Crippen LogP contribution in [0.3, 0.4) is 0 Å². The Balaban J connectivity index is 2.44. The SMILES string of the molecule is O=C(O)[C@H]1NCCc2cc(Cl)ccc21. The molecule has 74 valence electrons. The summed E-state index contributed by atoms with van der Waals surface area (Å²) in [6.07, 6.45) is 0.833. The number of benzene rings is 1. The Labute approximate surface area is 86.7 Å². The molecule has 1 aromatic carbocycles. The molecule has 0 fully saturated rings. The molecular formula is C10H10ClNO2. The topological polar surface area (TPSA) is 49.3 Å². The summed E-state index contributed by atoms with van der Waals surface area (Å²) >= 11 is 5.84. The van der Waals surface area contributed by atoms with Gasteiger partial charge in [0, 0.05) is 11.6 Å². The van der Waals surface area contributed by atoms with Crippen LogP contribution in [0, 0.1) is 0 Å². The lowest BCUT2D eigenvalue weighted by Gasteiger charge is -2.23. The highest BCUT2D eigenvalue weighted by molar-refractivity contribution is 6.30. The van der Waals surface area contributed by atoms with E-state index in [-0.39, 0.29) is 0 Å². The molecule has 0 aromatic heterocycles. The fourth-order valence-corrected chi connectivity index (χ4v) is 1.95. The number of hydrogen-bond donors (Lipinski definition) is 2. The zero-order chi connectivity index (χ0) is 10.1. The minimum Gasteiger partial charge on any atom is -0.480 e. The van der Waals surface area contributed by atoms with Gasteiger partial charge in [0.2, 0.25) is 0 Å². The van der Waals surface area contributed by atoms with Crippen molar-refractivity contribution >= 4 is 17.6 Å². The van der Waals surface area contributed by atoms with Crippen molar-refractivity contribution in [3.8, 4) is 0 Å². The largest absolute Gasteiger partial charge is 0.480 e. The Kier molecular flexibility index (Phi) is 2.44. The number of fused-ring (bicyclic) bond motifs is 1. The molecule has 0 saturated heterocycles. The number of halogens is 1. The van der Waals surface area contributed by atoms with Crippen LogP contribution >= 0.6 is 11.6 Å². The predicted molar refractivity (Wildman–Crippen MR) is 53.5 cm³/mol. The van der Waals surface area contributed by atoms with Crippen LogP contribution in [0.4, 0.5) is 0 Å². The van der Waals surface area contributed by atoms with Crippen molar-refractivity contribution < 1.29 is 9.90 Å². The molecule has 3 nitrogen and oxygen atoms in total. The second kappa shape index (κ2) is 3.59. The number of hydrogen-bond acceptors (Lipinski definition) is 2.